The van der Waals surface area contributed by atoms with Crippen LogP contribution in [0.4, 0.5) is 5.69 Å². The second-order valence-electron chi connectivity index (χ2n) is 4.29. The molecule has 0 aliphatic rings. The quantitative estimate of drug-likeness (QED) is 0.514. The number of rotatable bonds is 4. The van der Waals surface area contributed by atoms with Gasteiger partial charge in [0.15, 0.2) is 0 Å². The molecular formula is C14H15N3O2S. The summed E-state index contributed by atoms with van der Waals surface area (Å²) in [6.45, 7) is 3.70. The summed E-state index contributed by atoms with van der Waals surface area (Å²) in [4.78, 5) is 20.2. The first-order chi connectivity index (χ1) is 9.54. The minimum absolute atomic E-state index is 0.114. The molecule has 104 valence electrons. The monoisotopic (exact) mass is 289 g/mol. The number of carbonyl (C=O) groups excluding carboxylic acids is 1. The van der Waals surface area contributed by atoms with Gasteiger partial charge in [-0.05, 0) is 44.2 Å². The number of anilines is 1. The minimum atomic E-state index is -0.280. The molecule has 1 amide bonds. The third-order valence-electron chi connectivity index (χ3n) is 2.58. The summed E-state index contributed by atoms with van der Waals surface area (Å²) >= 11 is 1.38. The lowest BCUT2D eigenvalue weighted by atomic mass is 10.3. The smallest absolute Gasteiger partial charge is 0.237 e. The van der Waals surface area contributed by atoms with Crippen molar-refractivity contribution < 1.29 is 9.90 Å². The van der Waals surface area contributed by atoms with E-state index >= 15 is 0 Å². The Labute approximate surface area is 121 Å². The number of hydrogen-bond donors (Lipinski definition) is 2. The van der Waals surface area contributed by atoms with Crippen LogP contribution in [-0.2, 0) is 4.79 Å². The molecule has 0 bridgehead atoms. The Balaban J connectivity index is 1.96. The van der Waals surface area contributed by atoms with Crippen LogP contribution in [0.3, 0.4) is 0 Å². The van der Waals surface area contributed by atoms with Crippen molar-refractivity contribution in [3.63, 3.8) is 0 Å². The van der Waals surface area contributed by atoms with Crippen LogP contribution in [0.15, 0.2) is 41.7 Å². The van der Waals surface area contributed by atoms with E-state index in [9.17, 15) is 9.90 Å². The van der Waals surface area contributed by atoms with E-state index < -0.39 is 0 Å². The second kappa shape index (κ2) is 6.38. The summed E-state index contributed by atoms with van der Waals surface area (Å²) in [5.74, 6) is 0.0545. The number of thioether (sulfide) groups is 1. The molecule has 1 atom stereocenters. The zero-order valence-electron chi connectivity index (χ0n) is 11.2. The number of hydrogen-bond acceptors (Lipinski definition) is 5. The lowest BCUT2D eigenvalue weighted by Crippen LogP contribution is -2.22. The highest BCUT2D eigenvalue weighted by Gasteiger charge is 2.15. The highest BCUT2D eigenvalue weighted by atomic mass is 32.2. The molecular weight excluding hydrogens is 274 g/mol. The van der Waals surface area contributed by atoms with E-state index in [1.165, 1.54) is 30.2 Å². The Morgan fingerprint density at radius 2 is 2.00 bits per heavy atom. The van der Waals surface area contributed by atoms with Crippen molar-refractivity contribution in [3.8, 4) is 5.75 Å². The lowest BCUT2D eigenvalue weighted by Gasteiger charge is -2.11. The number of aromatic hydroxyl groups is 1. The van der Waals surface area contributed by atoms with Gasteiger partial charge in [-0.15, -0.1) is 0 Å². The topological polar surface area (TPSA) is 75.1 Å². The standard InChI is InChI=1S/C14H15N3O2S/c1-9-7-13(16-8-15-9)20-10(2)14(19)17-11-3-5-12(18)6-4-11/h3-8,10,18H,1-2H3,(H,17,19)/t10-/m1/s1. The Morgan fingerprint density at radius 3 is 2.65 bits per heavy atom. The summed E-state index contributed by atoms with van der Waals surface area (Å²) < 4.78 is 0. The van der Waals surface area contributed by atoms with E-state index in [0.29, 0.717) is 5.69 Å². The summed E-state index contributed by atoms with van der Waals surface area (Å²) in [6.07, 6.45) is 1.49. The Morgan fingerprint density at radius 1 is 1.30 bits per heavy atom. The van der Waals surface area contributed by atoms with Gasteiger partial charge in [0.2, 0.25) is 5.91 Å². The third-order valence-corrected chi connectivity index (χ3v) is 3.61. The van der Waals surface area contributed by atoms with Crippen molar-refractivity contribution >= 4 is 23.4 Å². The van der Waals surface area contributed by atoms with Crippen LogP contribution in [0.25, 0.3) is 0 Å². The first-order valence-electron chi connectivity index (χ1n) is 6.10. The number of aryl methyl sites for hydroxylation is 1. The van der Waals surface area contributed by atoms with Crippen LogP contribution >= 0.6 is 11.8 Å². The molecule has 0 radical (unpaired) electrons. The van der Waals surface area contributed by atoms with Crippen molar-refractivity contribution in [2.24, 2.45) is 0 Å². The molecule has 2 N–H and O–H groups in total. The van der Waals surface area contributed by atoms with Crippen molar-refractivity contribution in [3.05, 3.63) is 42.4 Å². The van der Waals surface area contributed by atoms with Crippen LogP contribution in [0.5, 0.6) is 5.75 Å². The largest absolute Gasteiger partial charge is 0.508 e. The first-order valence-corrected chi connectivity index (χ1v) is 6.98. The zero-order valence-corrected chi connectivity index (χ0v) is 12.0. The number of nitrogens with one attached hydrogen (secondary N) is 1. The van der Waals surface area contributed by atoms with Crippen molar-refractivity contribution in [2.45, 2.75) is 24.1 Å². The van der Waals surface area contributed by atoms with E-state index in [1.807, 2.05) is 19.9 Å². The molecule has 0 aliphatic carbocycles. The molecule has 1 aromatic carbocycles. The van der Waals surface area contributed by atoms with E-state index in [2.05, 4.69) is 15.3 Å². The van der Waals surface area contributed by atoms with Crippen LogP contribution in [-0.4, -0.2) is 26.2 Å². The number of benzene rings is 1. The van der Waals surface area contributed by atoms with Crippen molar-refractivity contribution in [1.82, 2.24) is 9.97 Å². The second-order valence-corrected chi connectivity index (χ2v) is 5.65. The van der Waals surface area contributed by atoms with Crippen LogP contribution in [0.2, 0.25) is 0 Å². The molecule has 1 aromatic heterocycles. The third kappa shape index (κ3) is 3.96. The Kier molecular flexibility index (Phi) is 4.57. The van der Waals surface area contributed by atoms with Gasteiger partial charge in [-0.2, -0.15) is 0 Å². The fourth-order valence-corrected chi connectivity index (χ4v) is 2.39. The van der Waals surface area contributed by atoms with Crippen LogP contribution in [0, 0.1) is 6.92 Å². The number of carbonyl (C=O) groups is 1. The molecule has 0 unspecified atom stereocenters. The number of phenolic OH excluding ortho intramolecular Hbond substituents is 1. The van der Waals surface area contributed by atoms with E-state index in [1.54, 1.807) is 12.1 Å². The fraction of sp³-hybridized carbons (Fsp3) is 0.214. The van der Waals surface area contributed by atoms with Gasteiger partial charge in [0, 0.05) is 11.4 Å². The number of phenols is 1. The molecule has 2 aromatic rings. The van der Waals surface area contributed by atoms with Gasteiger partial charge in [0.1, 0.15) is 17.1 Å². The first kappa shape index (κ1) is 14.3. The summed E-state index contributed by atoms with van der Waals surface area (Å²) in [6, 6.07) is 8.20. The number of aromatic nitrogens is 2. The molecule has 5 nitrogen and oxygen atoms in total. The molecule has 1 heterocycles. The molecule has 0 fully saturated rings. The maximum Gasteiger partial charge on any atom is 0.237 e. The van der Waals surface area contributed by atoms with Crippen LogP contribution in [0.1, 0.15) is 12.6 Å². The SMILES string of the molecule is Cc1cc(S[C@H](C)C(=O)Nc2ccc(O)cc2)ncn1. The van der Waals surface area contributed by atoms with E-state index in [0.717, 1.165) is 10.7 Å². The van der Waals surface area contributed by atoms with Gasteiger partial charge < -0.3 is 10.4 Å². The predicted molar refractivity (Wildman–Crippen MR) is 78.8 cm³/mol. The summed E-state index contributed by atoms with van der Waals surface area (Å²) in [5.41, 5.74) is 1.52. The Bertz CT molecular complexity index is 602. The maximum atomic E-state index is 12.0. The average molecular weight is 289 g/mol. The highest BCUT2D eigenvalue weighted by molar-refractivity contribution is 8.00. The zero-order chi connectivity index (χ0) is 14.5. The van der Waals surface area contributed by atoms with Gasteiger partial charge in [-0.25, -0.2) is 9.97 Å². The molecule has 2 rings (SSSR count). The summed E-state index contributed by atoms with van der Waals surface area (Å²) in [5, 5.41) is 12.5. The van der Waals surface area contributed by atoms with Gasteiger partial charge in [0.25, 0.3) is 0 Å². The molecule has 0 saturated heterocycles. The minimum Gasteiger partial charge on any atom is -0.508 e. The lowest BCUT2D eigenvalue weighted by molar-refractivity contribution is -0.115. The predicted octanol–water partition coefficient (Wildman–Crippen LogP) is 2.61. The molecule has 20 heavy (non-hydrogen) atoms. The molecule has 0 spiro atoms. The average Bonchev–Trinajstić information content (AvgIpc) is 2.41. The normalized spacial score (nSPS) is 11.9. The molecule has 0 saturated carbocycles. The van der Waals surface area contributed by atoms with Gasteiger partial charge in [0.05, 0.1) is 5.25 Å². The van der Waals surface area contributed by atoms with E-state index in [-0.39, 0.29) is 16.9 Å². The fourth-order valence-electron chi connectivity index (χ4n) is 1.52. The van der Waals surface area contributed by atoms with Crippen LogP contribution < -0.4 is 5.32 Å². The van der Waals surface area contributed by atoms with Crippen molar-refractivity contribution in [1.29, 1.82) is 0 Å². The maximum absolute atomic E-state index is 12.0. The van der Waals surface area contributed by atoms with E-state index in [4.69, 9.17) is 0 Å². The number of nitrogens with zero attached hydrogens (tertiary/aromatic N) is 2. The number of amides is 1. The van der Waals surface area contributed by atoms with Gasteiger partial charge >= 0.3 is 0 Å². The molecule has 0 aliphatic heterocycles. The van der Waals surface area contributed by atoms with Gasteiger partial charge in [-0.1, -0.05) is 11.8 Å². The Hall–Kier alpha value is -2.08. The summed E-state index contributed by atoms with van der Waals surface area (Å²) in [7, 11) is 0. The van der Waals surface area contributed by atoms with Gasteiger partial charge in [-0.3, -0.25) is 4.79 Å². The molecule has 6 heteroatoms. The highest BCUT2D eigenvalue weighted by Crippen LogP contribution is 2.22. The van der Waals surface area contributed by atoms with Crippen molar-refractivity contribution in [2.75, 3.05) is 5.32 Å².